The van der Waals surface area contributed by atoms with Crippen LogP contribution in [0.15, 0.2) is 18.2 Å². The van der Waals surface area contributed by atoms with Crippen molar-refractivity contribution in [2.45, 2.75) is 6.92 Å². The number of aromatic amines is 1. The molecule has 0 atom stereocenters. The second kappa shape index (κ2) is 3.14. The van der Waals surface area contributed by atoms with Crippen molar-refractivity contribution < 1.29 is 4.79 Å². The molecule has 2 rings (SSSR count). The van der Waals surface area contributed by atoms with Crippen LogP contribution in [-0.2, 0) is 0 Å². The number of aromatic nitrogens is 1. The Balaban J connectivity index is 2.96. The number of carbonyl (C=O) groups excluding carboxylic acids is 1. The van der Waals surface area contributed by atoms with Crippen molar-refractivity contribution in [1.29, 1.82) is 0 Å². The molecule has 0 spiro atoms. The summed E-state index contributed by atoms with van der Waals surface area (Å²) in [5, 5.41) is 1.04. The van der Waals surface area contributed by atoms with E-state index < -0.39 is 0 Å². The number of hydrogen-bond donors (Lipinski definition) is 1. The second-order valence-electron chi connectivity index (χ2n) is 2.94. The zero-order chi connectivity index (χ0) is 9.42. The molecule has 0 aliphatic carbocycles. The van der Waals surface area contributed by atoms with E-state index in [1.54, 1.807) is 0 Å². The molecule has 0 amide bonds. The van der Waals surface area contributed by atoms with E-state index in [0.717, 1.165) is 32.0 Å². The lowest BCUT2D eigenvalue weighted by molar-refractivity contribution is 0.112. The summed E-state index contributed by atoms with van der Waals surface area (Å²) in [6.07, 6.45) is 0.913. The Morgan fingerprint density at radius 3 is 2.92 bits per heavy atom. The van der Waals surface area contributed by atoms with Gasteiger partial charge in [0.05, 0.1) is 0 Å². The Kier molecular flexibility index (Phi) is 2.11. The maximum atomic E-state index is 10.8. The molecule has 1 aromatic heterocycles. The fourth-order valence-electron chi connectivity index (χ4n) is 1.51. The molecule has 0 saturated carbocycles. The van der Waals surface area contributed by atoms with Gasteiger partial charge >= 0.3 is 0 Å². The fraction of sp³-hybridized carbons (Fsp3) is 0.100. The van der Waals surface area contributed by atoms with Crippen LogP contribution in [0.1, 0.15) is 16.1 Å². The van der Waals surface area contributed by atoms with E-state index in [-0.39, 0.29) is 0 Å². The van der Waals surface area contributed by atoms with Crippen molar-refractivity contribution in [3.63, 3.8) is 0 Å². The van der Waals surface area contributed by atoms with Gasteiger partial charge in [-0.3, -0.25) is 4.79 Å². The minimum absolute atomic E-state index is 0.778. The van der Waals surface area contributed by atoms with Crippen LogP contribution in [0, 0.1) is 10.5 Å². The molecule has 1 aromatic carbocycles. The Morgan fingerprint density at radius 1 is 1.46 bits per heavy atom. The molecule has 1 N–H and O–H groups in total. The molecule has 66 valence electrons. The quantitative estimate of drug-likeness (QED) is 0.634. The van der Waals surface area contributed by atoms with E-state index >= 15 is 0 Å². The maximum Gasteiger partial charge on any atom is 0.152 e. The normalized spacial score (nSPS) is 10.6. The van der Waals surface area contributed by atoms with E-state index in [9.17, 15) is 4.79 Å². The SMILES string of the molecule is Cc1[nH]c2cccc(I)c2c1C=O. The van der Waals surface area contributed by atoms with Crippen molar-refractivity contribution >= 4 is 39.8 Å². The predicted molar refractivity (Wildman–Crippen MR) is 61.1 cm³/mol. The third kappa shape index (κ3) is 1.27. The van der Waals surface area contributed by atoms with E-state index in [0.29, 0.717) is 0 Å². The highest BCUT2D eigenvalue weighted by molar-refractivity contribution is 14.1. The van der Waals surface area contributed by atoms with E-state index in [2.05, 4.69) is 27.6 Å². The fourth-order valence-corrected chi connectivity index (χ4v) is 2.29. The minimum atomic E-state index is 0.778. The summed E-state index contributed by atoms with van der Waals surface area (Å²) >= 11 is 2.24. The highest BCUT2D eigenvalue weighted by Gasteiger charge is 2.09. The summed E-state index contributed by atoms with van der Waals surface area (Å²) in [4.78, 5) is 14.0. The lowest BCUT2D eigenvalue weighted by Gasteiger charge is -1.93. The molecule has 0 aliphatic heterocycles. The van der Waals surface area contributed by atoms with Gasteiger partial charge in [-0.05, 0) is 41.6 Å². The largest absolute Gasteiger partial charge is 0.358 e. The molecule has 0 unspecified atom stereocenters. The number of aldehydes is 1. The Labute approximate surface area is 89.5 Å². The zero-order valence-corrected chi connectivity index (χ0v) is 9.25. The van der Waals surface area contributed by atoms with Gasteiger partial charge in [0.15, 0.2) is 6.29 Å². The maximum absolute atomic E-state index is 10.8. The lowest BCUT2D eigenvalue weighted by Crippen LogP contribution is -1.81. The Morgan fingerprint density at radius 2 is 2.23 bits per heavy atom. The van der Waals surface area contributed by atoms with E-state index in [1.165, 1.54) is 0 Å². The number of H-pyrrole nitrogens is 1. The van der Waals surface area contributed by atoms with Crippen LogP contribution in [0.3, 0.4) is 0 Å². The van der Waals surface area contributed by atoms with E-state index in [1.807, 2.05) is 25.1 Å². The number of fused-ring (bicyclic) bond motifs is 1. The molecule has 0 bridgehead atoms. The number of carbonyl (C=O) groups is 1. The highest BCUT2D eigenvalue weighted by Crippen LogP contribution is 2.25. The molecular weight excluding hydrogens is 277 g/mol. The van der Waals surface area contributed by atoms with Gasteiger partial charge in [0.25, 0.3) is 0 Å². The van der Waals surface area contributed by atoms with Crippen molar-refractivity contribution in [3.05, 3.63) is 33.0 Å². The summed E-state index contributed by atoms with van der Waals surface area (Å²) < 4.78 is 1.11. The topological polar surface area (TPSA) is 32.9 Å². The molecule has 0 radical (unpaired) electrons. The first-order valence-electron chi connectivity index (χ1n) is 3.96. The Bertz CT molecular complexity index is 473. The van der Waals surface area contributed by atoms with Crippen LogP contribution >= 0.6 is 22.6 Å². The average molecular weight is 285 g/mol. The summed E-state index contributed by atoms with van der Waals surface area (Å²) in [5.74, 6) is 0. The van der Waals surface area contributed by atoms with Crippen molar-refractivity contribution in [1.82, 2.24) is 4.98 Å². The average Bonchev–Trinajstić information content (AvgIpc) is 2.42. The number of halogens is 1. The van der Waals surface area contributed by atoms with Crippen molar-refractivity contribution in [2.75, 3.05) is 0 Å². The second-order valence-corrected chi connectivity index (χ2v) is 4.11. The standard InChI is InChI=1S/C10H8INO/c1-6-7(5-13)10-8(11)3-2-4-9(10)12-6/h2-5,12H,1H3. The number of benzene rings is 1. The van der Waals surface area contributed by atoms with Crippen LogP contribution < -0.4 is 0 Å². The summed E-state index contributed by atoms with van der Waals surface area (Å²) in [6.45, 7) is 1.92. The van der Waals surface area contributed by atoms with Gasteiger partial charge < -0.3 is 4.98 Å². The summed E-state index contributed by atoms with van der Waals surface area (Å²) in [7, 11) is 0. The van der Waals surface area contributed by atoms with Crippen molar-refractivity contribution in [2.24, 2.45) is 0 Å². The van der Waals surface area contributed by atoms with E-state index in [4.69, 9.17) is 0 Å². The van der Waals surface area contributed by atoms with Crippen LogP contribution in [0.2, 0.25) is 0 Å². The molecule has 1 heterocycles. The minimum Gasteiger partial charge on any atom is -0.358 e. The number of aryl methyl sites for hydroxylation is 1. The molecule has 2 nitrogen and oxygen atoms in total. The first-order valence-corrected chi connectivity index (χ1v) is 5.04. The third-order valence-corrected chi connectivity index (χ3v) is 3.03. The molecular formula is C10H8INO. The molecule has 0 fully saturated rings. The van der Waals surface area contributed by atoms with Gasteiger partial charge in [0.1, 0.15) is 0 Å². The van der Waals surface area contributed by atoms with Crippen LogP contribution in [0.5, 0.6) is 0 Å². The molecule has 0 aliphatic rings. The van der Waals surface area contributed by atoms with Gasteiger partial charge in [-0.1, -0.05) is 6.07 Å². The first kappa shape index (κ1) is 8.74. The monoisotopic (exact) mass is 285 g/mol. The van der Waals surface area contributed by atoms with Gasteiger partial charge in [-0.2, -0.15) is 0 Å². The van der Waals surface area contributed by atoms with Gasteiger partial charge in [0.2, 0.25) is 0 Å². The van der Waals surface area contributed by atoms with Gasteiger partial charge in [-0.15, -0.1) is 0 Å². The predicted octanol–water partition coefficient (Wildman–Crippen LogP) is 2.89. The van der Waals surface area contributed by atoms with Gasteiger partial charge in [-0.25, -0.2) is 0 Å². The summed E-state index contributed by atoms with van der Waals surface area (Å²) in [5.41, 5.74) is 2.75. The highest BCUT2D eigenvalue weighted by atomic mass is 127. The zero-order valence-electron chi connectivity index (χ0n) is 7.10. The first-order chi connectivity index (χ1) is 6.24. The molecule has 3 heteroatoms. The van der Waals surface area contributed by atoms with Crippen LogP contribution in [0.25, 0.3) is 10.9 Å². The molecule has 13 heavy (non-hydrogen) atoms. The Hall–Kier alpha value is -0.840. The third-order valence-electron chi connectivity index (χ3n) is 2.13. The lowest BCUT2D eigenvalue weighted by atomic mass is 10.1. The molecule has 0 saturated heterocycles. The van der Waals surface area contributed by atoms with Crippen LogP contribution in [0.4, 0.5) is 0 Å². The smallest absolute Gasteiger partial charge is 0.152 e. The number of nitrogens with one attached hydrogen (secondary N) is 1. The molecule has 2 aromatic rings. The van der Waals surface area contributed by atoms with Crippen molar-refractivity contribution in [3.8, 4) is 0 Å². The van der Waals surface area contributed by atoms with Gasteiger partial charge in [0, 0.05) is 25.7 Å². The summed E-state index contributed by atoms with van der Waals surface area (Å²) in [6, 6.07) is 5.97. The number of rotatable bonds is 1. The van der Waals surface area contributed by atoms with Crippen LogP contribution in [-0.4, -0.2) is 11.3 Å². The number of hydrogen-bond acceptors (Lipinski definition) is 1.